The smallest absolute Gasteiger partial charge is 0.240 e. The minimum atomic E-state index is -3.32. The summed E-state index contributed by atoms with van der Waals surface area (Å²) in [4.78, 5) is 0.345. The highest BCUT2D eigenvalue weighted by Gasteiger charge is 2.24. The average Bonchev–Trinajstić information content (AvgIpc) is 3.12. The molecule has 1 aromatic carbocycles. The van der Waals surface area contributed by atoms with E-state index in [1.807, 2.05) is 19.2 Å². The van der Waals surface area contributed by atoms with Gasteiger partial charge in [-0.15, -0.1) is 0 Å². The molecule has 0 atom stereocenters. The second kappa shape index (κ2) is 5.16. The lowest BCUT2D eigenvalue weighted by Crippen LogP contribution is -2.25. The van der Waals surface area contributed by atoms with E-state index in [9.17, 15) is 8.42 Å². The zero-order valence-corrected chi connectivity index (χ0v) is 10.8. The highest BCUT2D eigenvalue weighted by atomic mass is 32.2. The van der Waals surface area contributed by atoms with Gasteiger partial charge in [-0.3, -0.25) is 0 Å². The summed E-state index contributed by atoms with van der Waals surface area (Å²) in [6, 6.07) is 6.98. The molecule has 0 amide bonds. The van der Waals surface area contributed by atoms with Gasteiger partial charge in [0, 0.05) is 13.1 Å². The molecule has 0 saturated heterocycles. The van der Waals surface area contributed by atoms with Crippen LogP contribution in [0.3, 0.4) is 0 Å². The first-order chi connectivity index (χ1) is 8.12. The van der Waals surface area contributed by atoms with Gasteiger partial charge in [0.15, 0.2) is 0 Å². The van der Waals surface area contributed by atoms with Crippen LogP contribution in [-0.4, -0.2) is 22.0 Å². The van der Waals surface area contributed by atoms with Crippen LogP contribution in [0.1, 0.15) is 18.4 Å². The zero-order chi connectivity index (χ0) is 12.3. The van der Waals surface area contributed by atoms with Crippen molar-refractivity contribution in [3.8, 4) is 0 Å². The molecule has 1 fully saturated rings. The highest BCUT2D eigenvalue weighted by Crippen LogP contribution is 2.28. The fraction of sp³-hybridized carbons (Fsp3) is 0.500. The third-order valence-electron chi connectivity index (χ3n) is 2.87. The average molecular weight is 254 g/mol. The number of hydrogen-bond donors (Lipinski definition) is 2. The molecular formula is C12H18N2O2S. The van der Waals surface area contributed by atoms with Crippen LogP contribution in [0.2, 0.25) is 0 Å². The third-order valence-corrected chi connectivity index (χ3v) is 4.31. The molecule has 94 valence electrons. The predicted octanol–water partition coefficient (Wildman–Crippen LogP) is 1.09. The second-order valence-electron chi connectivity index (χ2n) is 4.47. The van der Waals surface area contributed by atoms with E-state index in [0.717, 1.165) is 24.9 Å². The van der Waals surface area contributed by atoms with E-state index in [2.05, 4.69) is 10.0 Å². The Balaban J connectivity index is 2.03. The molecule has 1 aliphatic rings. The largest absolute Gasteiger partial charge is 0.316 e. The minimum Gasteiger partial charge on any atom is -0.316 e. The predicted molar refractivity (Wildman–Crippen MR) is 67.1 cm³/mol. The molecule has 0 spiro atoms. The Bertz CT molecular complexity index is 464. The van der Waals surface area contributed by atoms with Gasteiger partial charge in [0.25, 0.3) is 0 Å². The van der Waals surface area contributed by atoms with E-state index in [1.54, 1.807) is 12.1 Å². The van der Waals surface area contributed by atoms with Crippen molar-refractivity contribution in [1.29, 1.82) is 0 Å². The monoisotopic (exact) mass is 254 g/mol. The van der Waals surface area contributed by atoms with Crippen LogP contribution < -0.4 is 10.0 Å². The summed E-state index contributed by atoms with van der Waals surface area (Å²) in [5, 5.41) is 3.03. The third kappa shape index (κ3) is 3.52. The van der Waals surface area contributed by atoms with Crippen molar-refractivity contribution in [3.05, 3.63) is 29.8 Å². The van der Waals surface area contributed by atoms with E-state index in [1.165, 1.54) is 0 Å². The molecule has 0 bridgehead atoms. The minimum absolute atomic E-state index is 0.345. The van der Waals surface area contributed by atoms with E-state index >= 15 is 0 Å². The van der Waals surface area contributed by atoms with Gasteiger partial charge >= 0.3 is 0 Å². The van der Waals surface area contributed by atoms with Gasteiger partial charge in [0.1, 0.15) is 0 Å². The quantitative estimate of drug-likeness (QED) is 0.799. The molecule has 2 rings (SSSR count). The van der Waals surface area contributed by atoms with Crippen molar-refractivity contribution in [2.45, 2.75) is 24.3 Å². The highest BCUT2D eigenvalue weighted by molar-refractivity contribution is 7.89. The van der Waals surface area contributed by atoms with Crippen molar-refractivity contribution in [2.24, 2.45) is 5.92 Å². The number of nitrogens with one attached hydrogen (secondary N) is 2. The number of hydrogen-bond acceptors (Lipinski definition) is 3. The fourth-order valence-corrected chi connectivity index (χ4v) is 2.74. The maximum absolute atomic E-state index is 11.9. The van der Waals surface area contributed by atoms with Gasteiger partial charge in [-0.05, 0) is 43.5 Å². The lowest BCUT2D eigenvalue weighted by atomic mass is 10.2. The van der Waals surface area contributed by atoms with Crippen molar-refractivity contribution in [2.75, 3.05) is 13.6 Å². The Hall–Kier alpha value is -0.910. The number of rotatable bonds is 6. The summed E-state index contributed by atoms with van der Waals surface area (Å²) < 4.78 is 26.5. The summed E-state index contributed by atoms with van der Waals surface area (Å²) >= 11 is 0. The Morgan fingerprint density at radius 2 is 1.88 bits per heavy atom. The normalized spacial score (nSPS) is 16.1. The summed E-state index contributed by atoms with van der Waals surface area (Å²) in [5.74, 6) is 0.549. The van der Waals surface area contributed by atoms with Crippen LogP contribution in [-0.2, 0) is 16.6 Å². The van der Waals surface area contributed by atoms with E-state index in [4.69, 9.17) is 0 Å². The molecule has 0 radical (unpaired) electrons. The molecule has 0 unspecified atom stereocenters. The molecule has 0 heterocycles. The molecule has 0 aliphatic heterocycles. The van der Waals surface area contributed by atoms with Gasteiger partial charge in [-0.25, -0.2) is 13.1 Å². The molecule has 1 aromatic rings. The fourth-order valence-electron chi connectivity index (χ4n) is 1.62. The van der Waals surface area contributed by atoms with Crippen LogP contribution in [0.5, 0.6) is 0 Å². The molecule has 1 saturated carbocycles. The number of benzene rings is 1. The summed E-state index contributed by atoms with van der Waals surface area (Å²) in [6.45, 7) is 1.32. The molecule has 17 heavy (non-hydrogen) atoms. The SMILES string of the molecule is CNCc1ccc(S(=O)(=O)NCC2CC2)cc1. The molecular weight excluding hydrogens is 236 g/mol. The van der Waals surface area contributed by atoms with Gasteiger partial charge < -0.3 is 5.32 Å². The first-order valence-electron chi connectivity index (χ1n) is 5.85. The second-order valence-corrected chi connectivity index (χ2v) is 6.24. The van der Waals surface area contributed by atoms with Gasteiger partial charge in [-0.1, -0.05) is 12.1 Å². The molecule has 4 nitrogen and oxygen atoms in total. The van der Waals surface area contributed by atoms with E-state index in [0.29, 0.717) is 17.4 Å². The van der Waals surface area contributed by atoms with Crippen molar-refractivity contribution < 1.29 is 8.42 Å². The maximum atomic E-state index is 11.9. The molecule has 0 aromatic heterocycles. The zero-order valence-electron chi connectivity index (χ0n) is 9.94. The Kier molecular flexibility index (Phi) is 3.81. The Morgan fingerprint density at radius 1 is 1.24 bits per heavy atom. The van der Waals surface area contributed by atoms with Gasteiger partial charge in [-0.2, -0.15) is 0 Å². The van der Waals surface area contributed by atoms with Crippen molar-refractivity contribution >= 4 is 10.0 Å². The Morgan fingerprint density at radius 3 is 2.41 bits per heavy atom. The number of sulfonamides is 1. The summed E-state index contributed by atoms with van der Waals surface area (Å²) in [7, 11) is -1.45. The van der Waals surface area contributed by atoms with Crippen LogP contribution >= 0.6 is 0 Å². The first kappa shape index (κ1) is 12.5. The van der Waals surface area contributed by atoms with Crippen LogP contribution in [0.15, 0.2) is 29.2 Å². The Labute approximate surface area is 102 Å². The van der Waals surface area contributed by atoms with E-state index < -0.39 is 10.0 Å². The summed E-state index contributed by atoms with van der Waals surface area (Å²) in [6.07, 6.45) is 2.28. The van der Waals surface area contributed by atoms with Crippen LogP contribution in [0, 0.1) is 5.92 Å². The molecule has 1 aliphatic carbocycles. The van der Waals surface area contributed by atoms with Gasteiger partial charge in [0.05, 0.1) is 4.90 Å². The standard InChI is InChI=1S/C12H18N2O2S/c1-13-8-10-4-6-12(7-5-10)17(15,16)14-9-11-2-3-11/h4-7,11,13-14H,2-3,8-9H2,1H3. The molecule has 5 heteroatoms. The molecule has 2 N–H and O–H groups in total. The maximum Gasteiger partial charge on any atom is 0.240 e. The first-order valence-corrected chi connectivity index (χ1v) is 7.33. The van der Waals surface area contributed by atoms with E-state index in [-0.39, 0.29) is 0 Å². The van der Waals surface area contributed by atoms with Crippen molar-refractivity contribution in [3.63, 3.8) is 0 Å². The lowest BCUT2D eigenvalue weighted by Gasteiger charge is -2.07. The van der Waals surface area contributed by atoms with Gasteiger partial charge in [0.2, 0.25) is 10.0 Å². The summed E-state index contributed by atoms with van der Waals surface area (Å²) in [5.41, 5.74) is 1.08. The van der Waals surface area contributed by atoms with Crippen molar-refractivity contribution in [1.82, 2.24) is 10.0 Å². The topological polar surface area (TPSA) is 58.2 Å². The van der Waals surface area contributed by atoms with Crippen LogP contribution in [0.25, 0.3) is 0 Å². The lowest BCUT2D eigenvalue weighted by molar-refractivity contribution is 0.577. The van der Waals surface area contributed by atoms with Crippen LogP contribution in [0.4, 0.5) is 0 Å².